The molecule has 1 spiro atoms. The first-order valence-electron chi connectivity index (χ1n) is 9.53. The first kappa shape index (κ1) is 18.6. The van der Waals surface area contributed by atoms with Gasteiger partial charge in [-0.2, -0.15) is 0 Å². The zero-order valence-electron chi connectivity index (χ0n) is 15.6. The van der Waals surface area contributed by atoms with Crippen molar-refractivity contribution in [2.45, 2.75) is 32.1 Å². The van der Waals surface area contributed by atoms with E-state index in [4.69, 9.17) is 9.47 Å². The Morgan fingerprint density at radius 2 is 1.85 bits per heavy atom. The van der Waals surface area contributed by atoms with E-state index in [9.17, 15) is 13.2 Å². The second-order valence-electron chi connectivity index (χ2n) is 7.88. The first-order chi connectivity index (χ1) is 12.9. The maximum atomic E-state index is 13.1. The van der Waals surface area contributed by atoms with Gasteiger partial charge in [0.25, 0.3) is 0 Å². The van der Waals surface area contributed by atoms with Crippen molar-refractivity contribution in [2.75, 3.05) is 37.9 Å². The molecular weight excluding hydrogens is 368 g/mol. The molecule has 2 fully saturated rings. The molecule has 27 heavy (non-hydrogen) atoms. The number of nitrogens with one attached hydrogen (secondary N) is 1. The van der Waals surface area contributed by atoms with E-state index >= 15 is 0 Å². The average molecular weight is 394 g/mol. The van der Waals surface area contributed by atoms with Gasteiger partial charge in [0.15, 0.2) is 11.5 Å². The highest BCUT2D eigenvalue weighted by Crippen LogP contribution is 2.48. The van der Waals surface area contributed by atoms with Crippen LogP contribution in [-0.4, -0.2) is 51.2 Å². The Hall–Kier alpha value is -1.80. The maximum absolute atomic E-state index is 13.1. The molecule has 1 unspecified atom stereocenters. The minimum absolute atomic E-state index is 0.111. The van der Waals surface area contributed by atoms with Gasteiger partial charge < -0.3 is 14.8 Å². The number of carbonyl (C=O) groups excluding carboxylic acids is 1. The van der Waals surface area contributed by atoms with Crippen molar-refractivity contribution >= 4 is 21.6 Å². The fourth-order valence-corrected chi connectivity index (χ4v) is 5.56. The highest BCUT2D eigenvalue weighted by Gasteiger charge is 2.52. The predicted octanol–water partition coefficient (Wildman–Crippen LogP) is 2.24. The Bertz CT molecular complexity index is 833. The van der Waals surface area contributed by atoms with Gasteiger partial charge in [-0.05, 0) is 30.4 Å². The Labute approximate surface area is 160 Å². The summed E-state index contributed by atoms with van der Waals surface area (Å²) in [6, 6.07) is 5.35. The standard InChI is InChI=1S/C19H26N2O5S/c1-27(23,24)21-12-15(19(13-21)7-3-2-4-8-19)18(22)20-14-5-6-16-17(11-14)26-10-9-25-16/h5-6,11,15H,2-4,7-10,12-13H2,1H3,(H,20,22). The van der Waals surface area contributed by atoms with E-state index in [2.05, 4.69) is 5.32 Å². The van der Waals surface area contributed by atoms with Crippen LogP contribution in [0.15, 0.2) is 18.2 Å². The van der Waals surface area contributed by atoms with Crippen molar-refractivity contribution in [2.24, 2.45) is 11.3 Å². The predicted molar refractivity (Wildman–Crippen MR) is 101 cm³/mol. The lowest BCUT2D eigenvalue weighted by Gasteiger charge is -2.37. The molecule has 148 valence electrons. The molecule has 3 aliphatic rings. The second kappa shape index (κ2) is 6.98. The van der Waals surface area contributed by atoms with E-state index < -0.39 is 10.0 Å². The highest BCUT2D eigenvalue weighted by molar-refractivity contribution is 7.88. The van der Waals surface area contributed by atoms with Gasteiger partial charge in [-0.25, -0.2) is 12.7 Å². The van der Waals surface area contributed by atoms with Crippen LogP contribution in [-0.2, 0) is 14.8 Å². The van der Waals surface area contributed by atoms with E-state index in [1.54, 1.807) is 18.2 Å². The molecule has 1 aliphatic carbocycles. The van der Waals surface area contributed by atoms with Gasteiger partial charge in [-0.3, -0.25) is 4.79 Å². The van der Waals surface area contributed by atoms with Crippen molar-refractivity contribution in [3.63, 3.8) is 0 Å². The minimum atomic E-state index is -3.31. The van der Waals surface area contributed by atoms with Crippen LogP contribution in [0.2, 0.25) is 0 Å². The second-order valence-corrected chi connectivity index (χ2v) is 9.86. The zero-order valence-corrected chi connectivity index (χ0v) is 16.4. The van der Waals surface area contributed by atoms with E-state index in [1.807, 2.05) is 0 Å². The molecule has 1 atom stereocenters. The molecule has 0 radical (unpaired) electrons. The number of carbonyl (C=O) groups is 1. The molecule has 1 saturated carbocycles. The summed E-state index contributed by atoms with van der Waals surface area (Å²) < 4.78 is 36.8. The van der Waals surface area contributed by atoms with Crippen LogP contribution in [0.4, 0.5) is 5.69 Å². The Kier molecular flexibility index (Phi) is 4.80. The van der Waals surface area contributed by atoms with Crippen LogP contribution in [0.3, 0.4) is 0 Å². The molecule has 7 nitrogen and oxygen atoms in total. The molecule has 1 N–H and O–H groups in total. The topological polar surface area (TPSA) is 84.9 Å². The minimum Gasteiger partial charge on any atom is -0.486 e. The molecule has 0 aromatic heterocycles. The number of nitrogens with zero attached hydrogens (tertiary/aromatic N) is 1. The molecule has 2 heterocycles. The lowest BCUT2D eigenvalue weighted by Crippen LogP contribution is -2.39. The van der Waals surface area contributed by atoms with Crippen molar-refractivity contribution in [3.05, 3.63) is 18.2 Å². The van der Waals surface area contributed by atoms with E-state index in [0.717, 1.165) is 32.1 Å². The number of fused-ring (bicyclic) bond motifs is 1. The smallest absolute Gasteiger partial charge is 0.229 e. The number of anilines is 1. The number of hydrogen-bond acceptors (Lipinski definition) is 5. The fraction of sp³-hybridized carbons (Fsp3) is 0.632. The summed E-state index contributed by atoms with van der Waals surface area (Å²) in [4.78, 5) is 13.1. The third-order valence-corrected chi connectivity index (χ3v) is 7.28. The number of sulfonamides is 1. The molecular formula is C19H26N2O5S. The first-order valence-corrected chi connectivity index (χ1v) is 11.4. The van der Waals surface area contributed by atoms with E-state index in [1.165, 1.54) is 10.6 Å². The fourth-order valence-electron chi connectivity index (χ4n) is 4.65. The Morgan fingerprint density at radius 3 is 2.56 bits per heavy atom. The van der Waals surface area contributed by atoms with Gasteiger partial charge in [0.1, 0.15) is 13.2 Å². The number of ether oxygens (including phenoxy) is 2. The lowest BCUT2D eigenvalue weighted by molar-refractivity contribution is -0.123. The molecule has 1 amide bonds. The maximum Gasteiger partial charge on any atom is 0.229 e. The molecule has 1 aromatic rings. The molecule has 8 heteroatoms. The summed E-state index contributed by atoms with van der Waals surface area (Å²) in [6.07, 6.45) is 6.27. The summed E-state index contributed by atoms with van der Waals surface area (Å²) in [5.74, 6) is 0.850. The lowest BCUT2D eigenvalue weighted by atomic mass is 9.67. The molecule has 1 saturated heterocycles. The number of rotatable bonds is 3. The number of benzene rings is 1. The molecule has 4 rings (SSSR count). The number of amides is 1. The largest absolute Gasteiger partial charge is 0.486 e. The molecule has 0 bridgehead atoms. The number of hydrogen-bond donors (Lipinski definition) is 1. The summed E-state index contributed by atoms with van der Waals surface area (Å²) in [6.45, 7) is 1.71. The highest BCUT2D eigenvalue weighted by atomic mass is 32.2. The third kappa shape index (κ3) is 3.65. The third-order valence-electron chi connectivity index (χ3n) is 6.06. The van der Waals surface area contributed by atoms with Gasteiger partial charge in [0, 0.05) is 24.8 Å². The quantitative estimate of drug-likeness (QED) is 0.850. The van der Waals surface area contributed by atoms with Crippen molar-refractivity contribution < 1.29 is 22.7 Å². The van der Waals surface area contributed by atoms with Gasteiger partial charge in [-0.15, -0.1) is 0 Å². The Balaban J connectivity index is 1.55. The zero-order chi connectivity index (χ0) is 19.1. The van der Waals surface area contributed by atoms with Crippen LogP contribution in [0, 0.1) is 11.3 Å². The van der Waals surface area contributed by atoms with Crippen LogP contribution < -0.4 is 14.8 Å². The van der Waals surface area contributed by atoms with Gasteiger partial charge >= 0.3 is 0 Å². The summed E-state index contributed by atoms with van der Waals surface area (Å²) in [7, 11) is -3.31. The van der Waals surface area contributed by atoms with Crippen LogP contribution >= 0.6 is 0 Å². The van der Waals surface area contributed by atoms with Gasteiger partial charge in [-0.1, -0.05) is 19.3 Å². The van der Waals surface area contributed by atoms with Crippen LogP contribution in [0.25, 0.3) is 0 Å². The average Bonchev–Trinajstić information content (AvgIpc) is 3.01. The van der Waals surface area contributed by atoms with Crippen LogP contribution in [0.5, 0.6) is 11.5 Å². The van der Waals surface area contributed by atoms with Crippen molar-refractivity contribution in [1.82, 2.24) is 4.31 Å². The van der Waals surface area contributed by atoms with Gasteiger partial charge in [0.2, 0.25) is 15.9 Å². The summed E-state index contributed by atoms with van der Waals surface area (Å²) >= 11 is 0. The van der Waals surface area contributed by atoms with Crippen LogP contribution in [0.1, 0.15) is 32.1 Å². The van der Waals surface area contributed by atoms with E-state index in [0.29, 0.717) is 36.9 Å². The van der Waals surface area contributed by atoms with Gasteiger partial charge in [0.05, 0.1) is 12.2 Å². The molecule has 2 aliphatic heterocycles. The van der Waals surface area contributed by atoms with E-state index in [-0.39, 0.29) is 23.8 Å². The Morgan fingerprint density at radius 1 is 1.15 bits per heavy atom. The summed E-state index contributed by atoms with van der Waals surface area (Å²) in [5, 5.41) is 2.98. The molecule has 1 aromatic carbocycles. The monoisotopic (exact) mass is 394 g/mol. The summed E-state index contributed by atoms with van der Waals surface area (Å²) in [5.41, 5.74) is 0.396. The SMILES string of the molecule is CS(=O)(=O)N1CC(C(=O)Nc2ccc3c(c2)OCCO3)C2(CCCCC2)C1. The van der Waals surface area contributed by atoms with Crippen molar-refractivity contribution in [1.29, 1.82) is 0 Å². The normalized spacial score (nSPS) is 24.7. The van der Waals surface area contributed by atoms with Crippen molar-refractivity contribution in [3.8, 4) is 11.5 Å².